The average molecular weight is 319 g/mol. The van der Waals surface area contributed by atoms with E-state index in [9.17, 15) is 0 Å². The number of rotatable bonds is 1. The molecule has 0 aromatic heterocycles. The lowest BCUT2D eigenvalue weighted by molar-refractivity contribution is -0.277. The summed E-state index contributed by atoms with van der Waals surface area (Å²) in [5.41, 5.74) is 3.21. The Labute approximate surface area is 142 Å². The van der Waals surface area contributed by atoms with Gasteiger partial charge in [0.1, 0.15) is 0 Å². The third kappa shape index (κ3) is 3.05. The highest BCUT2D eigenvalue weighted by Gasteiger charge is 2.48. The maximum atomic E-state index is 6.38. The highest BCUT2D eigenvalue weighted by atomic mass is 16.7. The van der Waals surface area contributed by atoms with Crippen molar-refractivity contribution in [1.82, 2.24) is 0 Å². The second-order valence-electron chi connectivity index (χ2n) is 8.76. The highest BCUT2D eigenvalue weighted by Crippen LogP contribution is 2.48. The van der Waals surface area contributed by atoms with E-state index in [2.05, 4.69) is 53.7 Å². The molecule has 1 spiro atoms. The number of hydrogen-bond acceptors (Lipinski definition) is 2. The summed E-state index contributed by atoms with van der Waals surface area (Å²) in [7, 11) is 0. The standard InChI is InChI=1S/C21H34O2/c1-13-7-15(3)19(16(4)8-13)20-22-11-21(12-23-20)17(5)9-14(2)10-18(21)6/h7,9,15-20H,8,10-12H2,1-6H3/t15-,16+,17+,18+,19-,20?,21?/m0/s1. The van der Waals surface area contributed by atoms with Gasteiger partial charge in [0.25, 0.3) is 0 Å². The van der Waals surface area contributed by atoms with Crippen LogP contribution in [0.15, 0.2) is 23.3 Å². The molecule has 1 saturated heterocycles. The molecule has 3 rings (SSSR count). The molecule has 0 N–H and O–H groups in total. The topological polar surface area (TPSA) is 18.5 Å². The summed E-state index contributed by atoms with van der Waals surface area (Å²) < 4.78 is 12.8. The summed E-state index contributed by atoms with van der Waals surface area (Å²) in [5, 5.41) is 0. The van der Waals surface area contributed by atoms with E-state index in [4.69, 9.17) is 9.47 Å². The van der Waals surface area contributed by atoms with Crippen molar-refractivity contribution in [2.75, 3.05) is 13.2 Å². The summed E-state index contributed by atoms with van der Waals surface area (Å²) in [6.45, 7) is 15.6. The Balaban J connectivity index is 1.71. The molecule has 1 fully saturated rings. The SMILES string of the molecule is CC1=C[C@H](C)[C@H](C2OCC3(CO2)[C@H](C)C=C(C)C[C@H]3C)[C@H](C)C1. The average Bonchev–Trinajstić information content (AvgIpc) is 2.45. The van der Waals surface area contributed by atoms with Gasteiger partial charge in [-0.2, -0.15) is 0 Å². The van der Waals surface area contributed by atoms with Crippen LogP contribution in [0.3, 0.4) is 0 Å². The van der Waals surface area contributed by atoms with Crippen LogP contribution in [0.1, 0.15) is 54.4 Å². The Hall–Kier alpha value is -0.600. The molecule has 0 aromatic carbocycles. The van der Waals surface area contributed by atoms with Crippen molar-refractivity contribution in [3.05, 3.63) is 23.3 Å². The zero-order chi connectivity index (χ0) is 16.8. The minimum absolute atomic E-state index is 0.0265. The van der Waals surface area contributed by atoms with Gasteiger partial charge in [-0.05, 0) is 50.4 Å². The Kier molecular flexibility index (Phi) is 4.77. The third-order valence-electron chi connectivity index (χ3n) is 6.85. The van der Waals surface area contributed by atoms with Crippen molar-refractivity contribution in [3.63, 3.8) is 0 Å². The molecule has 2 aliphatic carbocycles. The van der Waals surface area contributed by atoms with Gasteiger partial charge in [-0.3, -0.25) is 0 Å². The highest BCUT2D eigenvalue weighted by molar-refractivity contribution is 5.14. The molecule has 1 aliphatic heterocycles. The molecule has 5 atom stereocenters. The van der Waals surface area contributed by atoms with E-state index in [1.54, 1.807) is 0 Å². The van der Waals surface area contributed by atoms with Crippen LogP contribution < -0.4 is 0 Å². The first-order chi connectivity index (χ1) is 10.8. The first-order valence-electron chi connectivity index (χ1n) is 9.41. The molecule has 0 bridgehead atoms. The van der Waals surface area contributed by atoms with Crippen molar-refractivity contribution in [3.8, 4) is 0 Å². The third-order valence-corrected chi connectivity index (χ3v) is 6.85. The van der Waals surface area contributed by atoms with Gasteiger partial charge in [-0.25, -0.2) is 0 Å². The van der Waals surface area contributed by atoms with Gasteiger partial charge in [-0.1, -0.05) is 51.0 Å². The Morgan fingerprint density at radius 2 is 1.52 bits per heavy atom. The van der Waals surface area contributed by atoms with E-state index in [1.165, 1.54) is 24.0 Å². The normalized spacial score (nSPS) is 48.1. The Morgan fingerprint density at radius 3 is 2.09 bits per heavy atom. The van der Waals surface area contributed by atoms with Crippen LogP contribution in [-0.2, 0) is 9.47 Å². The maximum Gasteiger partial charge on any atom is 0.161 e. The van der Waals surface area contributed by atoms with E-state index in [0.717, 1.165) is 13.2 Å². The minimum Gasteiger partial charge on any atom is -0.352 e. The largest absolute Gasteiger partial charge is 0.352 e. The molecule has 0 radical (unpaired) electrons. The fourth-order valence-electron chi connectivity index (χ4n) is 5.44. The van der Waals surface area contributed by atoms with Crippen LogP contribution in [0.2, 0.25) is 0 Å². The molecule has 2 heteroatoms. The van der Waals surface area contributed by atoms with Crippen LogP contribution in [0.5, 0.6) is 0 Å². The van der Waals surface area contributed by atoms with Gasteiger partial charge >= 0.3 is 0 Å². The Morgan fingerprint density at radius 1 is 0.913 bits per heavy atom. The van der Waals surface area contributed by atoms with Crippen molar-refractivity contribution in [2.24, 2.45) is 35.0 Å². The van der Waals surface area contributed by atoms with E-state index in [1.807, 2.05) is 0 Å². The summed E-state index contributed by atoms with van der Waals surface area (Å²) >= 11 is 0. The molecule has 0 saturated carbocycles. The van der Waals surface area contributed by atoms with Gasteiger partial charge in [0.2, 0.25) is 0 Å². The molecule has 0 amide bonds. The van der Waals surface area contributed by atoms with E-state index in [-0.39, 0.29) is 11.7 Å². The van der Waals surface area contributed by atoms with Gasteiger partial charge < -0.3 is 9.47 Å². The fraction of sp³-hybridized carbons (Fsp3) is 0.810. The van der Waals surface area contributed by atoms with Crippen molar-refractivity contribution >= 4 is 0 Å². The van der Waals surface area contributed by atoms with Crippen molar-refractivity contribution in [2.45, 2.75) is 60.7 Å². The van der Waals surface area contributed by atoms with E-state index in [0.29, 0.717) is 29.6 Å². The monoisotopic (exact) mass is 318 g/mol. The summed E-state index contributed by atoms with van der Waals surface area (Å²) in [4.78, 5) is 0. The smallest absolute Gasteiger partial charge is 0.161 e. The van der Waals surface area contributed by atoms with Crippen LogP contribution >= 0.6 is 0 Å². The zero-order valence-corrected chi connectivity index (χ0v) is 15.8. The summed E-state index contributed by atoms with van der Waals surface area (Å²) in [6, 6.07) is 0. The quantitative estimate of drug-likeness (QED) is 0.618. The minimum atomic E-state index is -0.0265. The lowest BCUT2D eigenvalue weighted by atomic mass is 9.62. The molecule has 23 heavy (non-hydrogen) atoms. The number of hydrogen-bond donors (Lipinski definition) is 0. The fourth-order valence-corrected chi connectivity index (χ4v) is 5.44. The first kappa shape index (κ1) is 17.2. The molecule has 3 aliphatic rings. The zero-order valence-electron chi connectivity index (χ0n) is 15.8. The van der Waals surface area contributed by atoms with E-state index < -0.39 is 0 Å². The maximum absolute atomic E-state index is 6.38. The van der Waals surface area contributed by atoms with Gasteiger partial charge in [0.05, 0.1) is 13.2 Å². The molecular formula is C21H34O2. The predicted octanol–water partition coefficient (Wildman–Crippen LogP) is 5.21. The second-order valence-corrected chi connectivity index (χ2v) is 8.76. The number of allylic oxidation sites excluding steroid dienone is 4. The lowest BCUT2D eigenvalue weighted by Crippen LogP contribution is -2.53. The van der Waals surface area contributed by atoms with Crippen molar-refractivity contribution in [1.29, 1.82) is 0 Å². The first-order valence-corrected chi connectivity index (χ1v) is 9.41. The summed E-state index contributed by atoms with van der Waals surface area (Å²) in [5.74, 6) is 2.84. The predicted molar refractivity (Wildman–Crippen MR) is 95.0 cm³/mol. The molecule has 130 valence electrons. The molecule has 0 unspecified atom stereocenters. The van der Waals surface area contributed by atoms with Gasteiger partial charge in [0.15, 0.2) is 6.29 Å². The summed E-state index contributed by atoms with van der Waals surface area (Å²) in [6.07, 6.45) is 7.18. The molecule has 1 heterocycles. The lowest BCUT2D eigenvalue weighted by Gasteiger charge is -2.51. The number of ether oxygens (including phenoxy) is 2. The Bertz CT molecular complexity index is 496. The molecular weight excluding hydrogens is 284 g/mol. The van der Waals surface area contributed by atoms with E-state index >= 15 is 0 Å². The van der Waals surface area contributed by atoms with Crippen LogP contribution in [0.25, 0.3) is 0 Å². The van der Waals surface area contributed by atoms with Crippen LogP contribution in [-0.4, -0.2) is 19.5 Å². The van der Waals surface area contributed by atoms with Gasteiger partial charge in [-0.15, -0.1) is 0 Å². The molecule has 0 aromatic rings. The van der Waals surface area contributed by atoms with Crippen LogP contribution in [0, 0.1) is 35.0 Å². The van der Waals surface area contributed by atoms with Crippen LogP contribution in [0.4, 0.5) is 0 Å². The molecule has 2 nitrogen and oxygen atoms in total. The van der Waals surface area contributed by atoms with Crippen molar-refractivity contribution < 1.29 is 9.47 Å². The second kappa shape index (κ2) is 6.37. The van der Waals surface area contributed by atoms with Gasteiger partial charge in [0, 0.05) is 11.3 Å².